The van der Waals surface area contributed by atoms with E-state index < -0.39 is 10.0 Å². The summed E-state index contributed by atoms with van der Waals surface area (Å²) in [5.74, 6) is 0.0195. The highest BCUT2D eigenvalue weighted by molar-refractivity contribution is 7.89. The first-order valence-corrected chi connectivity index (χ1v) is 10.6. The van der Waals surface area contributed by atoms with E-state index in [1.54, 1.807) is 15.2 Å². The molecule has 0 amide bonds. The van der Waals surface area contributed by atoms with E-state index in [2.05, 4.69) is 23.3 Å². The Hall–Kier alpha value is -2.44. The fourth-order valence-electron chi connectivity index (χ4n) is 3.61. The predicted octanol–water partition coefficient (Wildman–Crippen LogP) is 3.80. The Bertz CT molecular complexity index is 1040. The van der Waals surface area contributed by atoms with Crippen molar-refractivity contribution in [2.45, 2.75) is 37.2 Å². The fourth-order valence-corrected chi connectivity index (χ4v) is 4.99. The molecular weight excluding hydrogens is 358 g/mol. The van der Waals surface area contributed by atoms with Gasteiger partial charge in [-0.2, -0.15) is 9.40 Å². The average Bonchev–Trinajstić information content (AvgIpc) is 3.19. The largest absolute Gasteiger partial charge is 0.269 e. The Kier molecular flexibility index (Phi) is 4.61. The molecule has 4 rings (SSSR count). The second-order valence-electron chi connectivity index (χ2n) is 7.21. The maximum absolute atomic E-state index is 13.3. The quantitative estimate of drug-likeness (QED) is 0.691. The molecule has 1 aliphatic heterocycles. The zero-order valence-corrected chi connectivity index (χ0v) is 16.3. The minimum Gasteiger partial charge on any atom is -0.269 e. The summed E-state index contributed by atoms with van der Waals surface area (Å²) in [6, 6.07) is 18.3. The van der Waals surface area contributed by atoms with Gasteiger partial charge in [-0.05, 0) is 30.5 Å². The molecule has 0 saturated heterocycles. The fraction of sp³-hybridized carbons (Fsp3) is 0.286. The molecule has 3 aromatic rings. The number of rotatable bonds is 4. The standard InChI is InChI=1S/C21H23N3O2S/c1-16(2)24-14-19(12-22-24)27(25,26)23-13-18-10-6-7-11-20(18)21(15-23)17-8-4-3-5-9-17/h3-12,14,16,21H,13,15H2,1-2H3. The highest BCUT2D eigenvalue weighted by Crippen LogP contribution is 2.35. The van der Waals surface area contributed by atoms with Crippen LogP contribution in [0.25, 0.3) is 0 Å². The second kappa shape index (κ2) is 6.94. The van der Waals surface area contributed by atoms with Gasteiger partial charge in [0.1, 0.15) is 4.90 Å². The number of hydrogen-bond donors (Lipinski definition) is 0. The summed E-state index contributed by atoms with van der Waals surface area (Å²) < 4.78 is 29.8. The van der Waals surface area contributed by atoms with Gasteiger partial charge in [0.2, 0.25) is 10.0 Å². The maximum atomic E-state index is 13.3. The summed E-state index contributed by atoms with van der Waals surface area (Å²) in [6.45, 7) is 4.77. The number of hydrogen-bond acceptors (Lipinski definition) is 3. The summed E-state index contributed by atoms with van der Waals surface area (Å²) in [5.41, 5.74) is 3.38. The molecule has 0 aliphatic carbocycles. The lowest BCUT2D eigenvalue weighted by Gasteiger charge is -2.34. The van der Waals surface area contributed by atoms with Crippen LogP contribution in [-0.2, 0) is 16.6 Å². The summed E-state index contributed by atoms with van der Waals surface area (Å²) in [4.78, 5) is 0.252. The minimum atomic E-state index is -3.61. The molecule has 0 saturated carbocycles. The molecule has 27 heavy (non-hydrogen) atoms. The first-order chi connectivity index (χ1) is 13.0. The highest BCUT2D eigenvalue weighted by atomic mass is 32.2. The van der Waals surface area contributed by atoms with E-state index in [9.17, 15) is 8.42 Å². The van der Waals surface area contributed by atoms with E-state index >= 15 is 0 Å². The van der Waals surface area contributed by atoms with Gasteiger partial charge in [-0.1, -0.05) is 54.6 Å². The van der Waals surface area contributed by atoms with Crippen molar-refractivity contribution in [1.29, 1.82) is 0 Å². The highest BCUT2D eigenvalue weighted by Gasteiger charge is 2.34. The molecule has 0 radical (unpaired) electrons. The van der Waals surface area contributed by atoms with Crippen LogP contribution >= 0.6 is 0 Å². The lowest BCUT2D eigenvalue weighted by Crippen LogP contribution is -2.38. The topological polar surface area (TPSA) is 55.2 Å². The lowest BCUT2D eigenvalue weighted by atomic mass is 9.86. The summed E-state index contributed by atoms with van der Waals surface area (Å²) >= 11 is 0. The Morgan fingerprint density at radius 1 is 1.04 bits per heavy atom. The van der Waals surface area contributed by atoms with Crippen LogP contribution in [0.4, 0.5) is 0 Å². The van der Waals surface area contributed by atoms with Crippen molar-refractivity contribution >= 4 is 10.0 Å². The molecule has 1 aliphatic rings. The van der Waals surface area contributed by atoms with Crippen molar-refractivity contribution in [3.8, 4) is 0 Å². The second-order valence-corrected chi connectivity index (χ2v) is 9.15. The van der Waals surface area contributed by atoms with Crippen molar-refractivity contribution in [3.05, 3.63) is 83.7 Å². The van der Waals surface area contributed by atoms with Gasteiger partial charge in [0, 0.05) is 31.2 Å². The zero-order valence-electron chi connectivity index (χ0n) is 15.5. The van der Waals surface area contributed by atoms with Crippen molar-refractivity contribution < 1.29 is 8.42 Å². The molecule has 5 nitrogen and oxygen atoms in total. The molecule has 2 aromatic carbocycles. The Morgan fingerprint density at radius 3 is 2.44 bits per heavy atom. The van der Waals surface area contributed by atoms with Gasteiger partial charge in [0.05, 0.1) is 6.20 Å². The van der Waals surface area contributed by atoms with Gasteiger partial charge in [-0.15, -0.1) is 0 Å². The molecule has 0 bridgehead atoms. The van der Waals surface area contributed by atoms with Crippen LogP contribution in [0.15, 0.2) is 71.9 Å². The molecule has 1 aromatic heterocycles. The van der Waals surface area contributed by atoms with E-state index in [4.69, 9.17) is 0 Å². The summed E-state index contributed by atoms with van der Waals surface area (Å²) in [6.07, 6.45) is 3.07. The van der Waals surface area contributed by atoms with Crippen LogP contribution < -0.4 is 0 Å². The van der Waals surface area contributed by atoms with Crippen LogP contribution in [0, 0.1) is 0 Å². The van der Waals surface area contributed by atoms with Crippen LogP contribution in [0.2, 0.25) is 0 Å². The lowest BCUT2D eigenvalue weighted by molar-refractivity contribution is 0.371. The van der Waals surface area contributed by atoms with E-state index in [0.29, 0.717) is 13.1 Å². The van der Waals surface area contributed by atoms with Crippen molar-refractivity contribution in [2.24, 2.45) is 0 Å². The number of benzene rings is 2. The first kappa shape index (κ1) is 17.9. The molecule has 0 fully saturated rings. The van der Waals surface area contributed by atoms with Gasteiger partial charge in [-0.25, -0.2) is 8.42 Å². The van der Waals surface area contributed by atoms with E-state index in [1.165, 1.54) is 11.8 Å². The Morgan fingerprint density at radius 2 is 1.74 bits per heavy atom. The third-order valence-electron chi connectivity index (χ3n) is 5.11. The van der Waals surface area contributed by atoms with Crippen molar-refractivity contribution in [1.82, 2.24) is 14.1 Å². The van der Waals surface area contributed by atoms with Crippen LogP contribution in [-0.4, -0.2) is 29.0 Å². The number of aromatic nitrogens is 2. The molecule has 0 spiro atoms. The molecule has 0 N–H and O–H groups in total. The van der Waals surface area contributed by atoms with Crippen molar-refractivity contribution in [3.63, 3.8) is 0 Å². The number of nitrogens with zero attached hydrogens (tertiary/aromatic N) is 3. The van der Waals surface area contributed by atoms with Gasteiger partial charge < -0.3 is 0 Å². The third kappa shape index (κ3) is 3.31. The maximum Gasteiger partial charge on any atom is 0.246 e. The van der Waals surface area contributed by atoms with Gasteiger partial charge in [0.15, 0.2) is 0 Å². The first-order valence-electron chi connectivity index (χ1n) is 9.14. The number of fused-ring (bicyclic) bond motifs is 1. The van der Waals surface area contributed by atoms with Gasteiger partial charge in [0.25, 0.3) is 0 Å². The van der Waals surface area contributed by atoms with E-state index in [1.807, 2.05) is 50.2 Å². The molecule has 6 heteroatoms. The van der Waals surface area contributed by atoms with Crippen LogP contribution in [0.5, 0.6) is 0 Å². The Balaban J connectivity index is 1.74. The van der Waals surface area contributed by atoms with Gasteiger partial charge in [-0.3, -0.25) is 4.68 Å². The third-order valence-corrected chi connectivity index (χ3v) is 6.87. The van der Waals surface area contributed by atoms with Gasteiger partial charge >= 0.3 is 0 Å². The monoisotopic (exact) mass is 381 g/mol. The normalized spacial score (nSPS) is 17.8. The van der Waals surface area contributed by atoms with Crippen molar-refractivity contribution in [2.75, 3.05) is 6.54 Å². The summed E-state index contributed by atoms with van der Waals surface area (Å²) in [7, 11) is -3.61. The van der Waals surface area contributed by atoms with E-state index in [-0.39, 0.29) is 16.9 Å². The summed E-state index contributed by atoms with van der Waals surface area (Å²) in [5, 5.41) is 4.21. The molecule has 1 atom stereocenters. The zero-order chi connectivity index (χ0) is 19.0. The minimum absolute atomic E-state index is 0.0195. The molecule has 140 valence electrons. The molecular formula is C21H23N3O2S. The van der Waals surface area contributed by atoms with E-state index in [0.717, 1.165) is 11.1 Å². The smallest absolute Gasteiger partial charge is 0.246 e. The molecule has 2 heterocycles. The number of sulfonamides is 1. The SMILES string of the molecule is CC(C)n1cc(S(=O)(=O)N2Cc3ccccc3C(c3ccccc3)C2)cn1. The molecule has 1 unspecified atom stereocenters. The Labute approximate surface area is 160 Å². The van der Waals surface area contributed by atoms with Crippen LogP contribution in [0.1, 0.15) is 42.5 Å². The average molecular weight is 382 g/mol. The van der Waals surface area contributed by atoms with Crippen LogP contribution in [0.3, 0.4) is 0 Å². The predicted molar refractivity (Wildman–Crippen MR) is 105 cm³/mol.